The molecule has 0 radical (unpaired) electrons. The van der Waals surface area contributed by atoms with Crippen molar-refractivity contribution in [2.75, 3.05) is 19.6 Å². The van der Waals surface area contributed by atoms with Crippen LogP contribution in [0, 0.1) is 12.8 Å². The number of nitrogens with one attached hydrogen (secondary N) is 1. The number of carbonyl (C=O) groups is 2. The molecule has 1 aliphatic heterocycles. The van der Waals surface area contributed by atoms with E-state index in [0.717, 1.165) is 54.5 Å². The fourth-order valence-electron chi connectivity index (χ4n) is 4.69. The van der Waals surface area contributed by atoms with Crippen LogP contribution >= 0.6 is 0 Å². The monoisotopic (exact) mass is 445 g/mol. The highest BCUT2D eigenvalue weighted by Crippen LogP contribution is 2.31. The van der Waals surface area contributed by atoms with Gasteiger partial charge in [0.2, 0.25) is 11.8 Å². The number of carbonyl (C=O) groups excluding carboxylic acids is 2. The number of amides is 2. The van der Waals surface area contributed by atoms with Crippen LogP contribution in [0.5, 0.6) is 0 Å². The lowest BCUT2D eigenvalue weighted by Gasteiger charge is -2.32. The molecule has 2 amide bonds. The first-order valence-electron chi connectivity index (χ1n) is 12.0. The third-order valence-electron chi connectivity index (χ3n) is 6.74. The van der Waals surface area contributed by atoms with Crippen LogP contribution in [0.4, 0.5) is 0 Å². The van der Waals surface area contributed by atoms with Crippen LogP contribution in [0.1, 0.15) is 48.4 Å². The zero-order valence-corrected chi connectivity index (χ0v) is 19.2. The topological polar surface area (TPSA) is 80.1 Å². The third-order valence-corrected chi connectivity index (χ3v) is 6.74. The minimum atomic E-state index is 0.148. The molecule has 0 unspecified atom stereocenters. The Labute approximate surface area is 194 Å². The van der Waals surface area contributed by atoms with Crippen LogP contribution in [-0.4, -0.2) is 51.1 Å². The van der Waals surface area contributed by atoms with Gasteiger partial charge in [-0.3, -0.25) is 9.59 Å². The number of aryl methyl sites for hydroxylation is 1. The minimum Gasteiger partial charge on any atom is -0.354 e. The highest BCUT2D eigenvalue weighted by atomic mass is 16.2. The van der Waals surface area contributed by atoms with Crippen molar-refractivity contribution in [3.8, 4) is 0 Å². The normalized spacial score (nSPS) is 18.5. The largest absolute Gasteiger partial charge is 0.354 e. The SMILES string of the molecule is Cc1ccc(CC(=O)N2CCC[C@H](c3nn(CCNC(=O)C4CC4)c4ncccc34)C2)cc1. The van der Waals surface area contributed by atoms with Crippen molar-refractivity contribution in [2.24, 2.45) is 5.92 Å². The summed E-state index contributed by atoms with van der Waals surface area (Å²) in [6.07, 6.45) is 6.20. The Morgan fingerprint density at radius 1 is 1.12 bits per heavy atom. The highest BCUT2D eigenvalue weighted by molar-refractivity contribution is 5.81. The smallest absolute Gasteiger partial charge is 0.227 e. The molecule has 5 rings (SSSR count). The van der Waals surface area contributed by atoms with Crippen molar-refractivity contribution in [1.29, 1.82) is 0 Å². The van der Waals surface area contributed by atoms with E-state index in [9.17, 15) is 9.59 Å². The Bertz CT molecular complexity index is 1150. The van der Waals surface area contributed by atoms with E-state index in [-0.39, 0.29) is 23.7 Å². The van der Waals surface area contributed by atoms with Crippen LogP contribution < -0.4 is 5.32 Å². The molecule has 1 saturated carbocycles. The number of hydrogen-bond donors (Lipinski definition) is 1. The second kappa shape index (κ2) is 9.33. The van der Waals surface area contributed by atoms with Gasteiger partial charge in [-0.05, 0) is 50.3 Å². The number of piperidine rings is 1. The summed E-state index contributed by atoms with van der Waals surface area (Å²) < 4.78 is 1.91. The lowest BCUT2D eigenvalue weighted by molar-refractivity contribution is -0.131. The Morgan fingerprint density at radius 3 is 2.73 bits per heavy atom. The van der Waals surface area contributed by atoms with Crippen LogP contribution in [0.2, 0.25) is 0 Å². The van der Waals surface area contributed by atoms with Crippen molar-refractivity contribution in [1.82, 2.24) is 25.0 Å². The van der Waals surface area contributed by atoms with E-state index in [4.69, 9.17) is 5.10 Å². The van der Waals surface area contributed by atoms with E-state index >= 15 is 0 Å². The first-order valence-corrected chi connectivity index (χ1v) is 12.0. The number of rotatable bonds is 7. The number of aromatic nitrogens is 3. The Morgan fingerprint density at radius 2 is 1.94 bits per heavy atom. The number of pyridine rings is 1. The third kappa shape index (κ3) is 4.92. The maximum atomic E-state index is 13.0. The van der Waals surface area contributed by atoms with Gasteiger partial charge in [0, 0.05) is 43.1 Å². The van der Waals surface area contributed by atoms with E-state index in [1.54, 1.807) is 6.20 Å². The second-order valence-corrected chi connectivity index (χ2v) is 9.39. The number of hydrogen-bond acceptors (Lipinski definition) is 4. The fourth-order valence-corrected chi connectivity index (χ4v) is 4.69. The predicted octanol–water partition coefficient (Wildman–Crippen LogP) is 3.21. The molecule has 1 N–H and O–H groups in total. The molecule has 1 saturated heterocycles. The summed E-state index contributed by atoms with van der Waals surface area (Å²) in [5.74, 6) is 0.719. The molecule has 172 valence electrons. The summed E-state index contributed by atoms with van der Waals surface area (Å²) in [5, 5.41) is 8.98. The van der Waals surface area contributed by atoms with Gasteiger partial charge < -0.3 is 10.2 Å². The number of benzene rings is 1. The molecule has 3 aromatic rings. The zero-order chi connectivity index (χ0) is 22.8. The molecule has 33 heavy (non-hydrogen) atoms. The first-order chi connectivity index (χ1) is 16.1. The van der Waals surface area contributed by atoms with Gasteiger partial charge in [0.05, 0.1) is 18.7 Å². The molecule has 2 fully saturated rings. The van der Waals surface area contributed by atoms with Crippen LogP contribution in [0.15, 0.2) is 42.6 Å². The highest BCUT2D eigenvalue weighted by Gasteiger charge is 2.30. The predicted molar refractivity (Wildman–Crippen MR) is 127 cm³/mol. The van der Waals surface area contributed by atoms with Gasteiger partial charge in [0.1, 0.15) is 0 Å². The zero-order valence-electron chi connectivity index (χ0n) is 19.2. The first kappa shape index (κ1) is 21.6. The average molecular weight is 446 g/mol. The maximum Gasteiger partial charge on any atom is 0.227 e. The van der Waals surface area contributed by atoms with Crippen LogP contribution in [0.25, 0.3) is 11.0 Å². The van der Waals surface area contributed by atoms with Gasteiger partial charge in [-0.2, -0.15) is 5.10 Å². The molecule has 3 heterocycles. The molecule has 7 nitrogen and oxygen atoms in total. The average Bonchev–Trinajstić information content (AvgIpc) is 3.63. The molecule has 1 aromatic carbocycles. The molecule has 2 aromatic heterocycles. The molecular formula is C26H31N5O2. The van der Waals surface area contributed by atoms with Gasteiger partial charge in [0.25, 0.3) is 0 Å². The van der Waals surface area contributed by atoms with Crippen molar-refractivity contribution >= 4 is 22.8 Å². The molecule has 0 spiro atoms. The Kier molecular flexibility index (Phi) is 6.11. The molecule has 0 bridgehead atoms. The molecule has 1 atom stereocenters. The van der Waals surface area contributed by atoms with E-state index in [1.165, 1.54) is 5.56 Å². The van der Waals surface area contributed by atoms with Crippen molar-refractivity contribution < 1.29 is 9.59 Å². The van der Waals surface area contributed by atoms with Gasteiger partial charge >= 0.3 is 0 Å². The summed E-state index contributed by atoms with van der Waals surface area (Å²) in [5.41, 5.74) is 4.11. The maximum absolute atomic E-state index is 13.0. The summed E-state index contributed by atoms with van der Waals surface area (Å²) in [7, 11) is 0. The number of nitrogens with zero attached hydrogens (tertiary/aromatic N) is 4. The van der Waals surface area contributed by atoms with Crippen molar-refractivity contribution in [2.45, 2.75) is 51.5 Å². The second-order valence-electron chi connectivity index (χ2n) is 9.39. The van der Waals surface area contributed by atoms with Gasteiger partial charge in [-0.15, -0.1) is 0 Å². The molecule has 2 aliphatic rings. The van der Waals surface area contributed by atoms with Crippen LogP contribution in [-0.2, 0) is 22.6 Å². The Hall–Kier alpha value is -3.22. The van der Waals surface area contributed by atoms with E-state index in [1.807, 2.05) is 27.8 Å². The lowest BCUT2D eigenvalue weighted by atomic mass is 9.93. The minimum absolute atomic E-state index is 0.148. The molecule has 7 heteroatoms. The summed E-state index contributed by atoms with van der Waals surface area (Å²) >= 11 is 0. The van der Waals surface area contributed by atoms with E-state index in [0.29, 0.717) is 26.1 Å². The van der Waals surface area contributed by atoms with Crippen molar-refractivity contribution in [3.63, 3.8) is 0 Å². The van der Waals surface area contributed by atoms with Crippen LogP contribution in [0.3, 0.4) is 0 Å². The summed E-state index contributed by atoms with van der Waals surface area (Å²) in [6, 6.07) is 12.2. The summed E-state index contributed by atoms with van der Waals surface area (Å²) in [6.45, 7) is 4.68. The van der Waals surface area contributed by atoms with Gasteiger partial charge in [-0.25, -0.2) is 9.67 Å². The molecular weight excluding hydrogens is 414 g/mol. The number of likely N-dealkylation sites (tertiary alicyclic amines) is 1. The Balaban J connectivity index is 1.29. The number of fused-ring (bicyclic) bond motifs is 1. The van der Waals surface area contributed by atoms with Gasteiger partial charge in [-0.1, -0.05) is 29.8 Å². The quantitative estimate of drug-likeness (QED) is 0.606. The molecule has 1 aliphatic carbocycles. The van der Waals surface area contributed by atoms with Crippen molar-refractivity contribution in [3.05, 3.63) is 59.4 Å². The lowest BCUT2D eigenvalue weighted by Crippen LogP contribution is -2.40. The van der Waals surface area contributed by atoms with E-state index < -0.39 is 0 Å². The van der Waals surface area contributed by atoms with E-state index in [2.05, 4.69) is 35.4 Å². The summed E-state index contributed by atoms with van der Waals surface area (Å²) in [4.78, 5) is 31.5. The standard InChI is InChI=1S/C26H31N5O2/c1-18-6-8-19(9-7-18)16-23(32)30-14-3-4-21(17-30)24-22-5-2-12-27-25(22)31(29-24)15-13-28-26(33)20-10-11-20/h2,5-9,12,20-21H,3-4,10-11,13-17H2,1H3,(H,28,33)/t21-/m0/s1. The van der Waals surface area contributed by atoms with Gasteiger partial charge in [0.15, 0.2) is 5.65 Å². The fraction of sp³-hybridized carbons (Fsp3) is 0.462.